The van der Waals surface area contributed by atoms with Gasteiger partial charge in [-0.1, -0.05) is 6.92 Å². The van der Waals surface area contributed by atoms with Crippen LogP contribution in [0.1, 0.15) is 40.5 Å². The summed E-state index contributed by atoms with van der Waals surface area (Å²) in [5.74, 6) is 0.737. The topological polar surface area (TPSA) is 3.24 Å². The van der Waals surface area contributed by atoms with Crippen LogP contribution in [-0.4, -0.2) is 16.0 Å². The van der Waals surface area contributed by atoms with Crippen LogP contribution in [0.25, 0.3) is 0 Å². The molecule has 0 saturated carbocycles. The third kappa shape index (κ3) is 1.70. The van der Waals surface area contributed by atoms with E-state index in [2.05, 4.69) is 27.7 Å². The Bertz CT molecular complexity index is 144. The van der Waals surface area contributed by atoms with Crippen molar-refractivity contribution >= 4 is 11.8 Å². The fourth-order valence-electron chi connectivity index (χ4n) is 1.70. The zero-order valence-corrected chi connectivity index (χ0v) is 8.65. The van der Waals surface area contributed by atoms with E-state index in [0.29, 0.717) is 6.04 Å². The zero-order chi connectivity index (χ0) is 8.65. The van der Waals surface area contributed by atoms with Crippen molar-refractivity contribution in [2.24, 2.45) is 5.92 Å². The molecule has 2 unspecified atom stereocenters. The summed E-state index contributed by atoms with van der Waals surface area (Å²) in [4.78, 5) is 0. The van der Waals surface area contributed by atoms with Crippen molar-refractivity contribution in [1.82, 2.24) is 4.42 Å². The number of hydrogen-bond acceptors (Lipinski definition) is 1. The van der Waals surface area contributed by atoms with E-state index in [1.807, 2.05) is 4.42 Å². The predicted octanol–water partition coefficient (Wildman–Crippen LogP) is 3.04. The molecule has 1 fully saturated rings. The molecular weight excluding hydrogens is 158 g/mol. The summed E-state index contributed by atoms with van der Waals surface area (Å²) in [7, 11) is 0. The van der Waals surface area contributed by atoms with Crippen molar-refractivity contribution in [1.29, 1.82) is 0 Å². The highest BCUT2D eigenvalue weighted by Crippen LogP contribution is 2.35. The number of piperidine rings is 1. The van der Waals surface area contributed by atoms with Gasteiger partial charge >= 0.3 is 0 Å². The molecule has 11 heavy (non-hydrogen) atoms. The monoisotopic (exact) mass is 175 g/mol. The second-order valence-corrected chi connectivity index (χ2v) is 4.74. The SMILES string of the molecule is CC1CCC(C)(C)N(Cl)C1C. The van der Waals surface area contributed by atoms with Gasteiger partial charge in [0, 0.05) is 11.6 Å². The van der Waals surface area contributed by atoms with Crippen molar-refractivity contribution in [3.63, 3.8) is 0 Å². The molecule has 0 bridgehead atoms. The van der Waals surface area contributed by atoms with Crippen LogP contribution in [-0.2, 0) is 0 Å². The van der Waals surface area contributed by atoms with E-state index in [1.165, 1.54) is 12.8 Å². The summed E-state index contributed by atoms with van der Waals surface area (Å²) in [6, 6.07) is 0.514. The number of halogens is 1. The maximum absolute atomic E-state index is 6.19. The van der Waals surface area contributed by atoms with Gasteiger partial charge in [-0.3, -0.25) is 0 Å². The quantitative estimate of drug-likeness (QED) is 0.512. The maximum atomic E-state index is 6.19. The second-order valence-electron chi connectivity index (χ2n) is 4.38. The smallest absolute Gasteiger partial charge is 0.0309 e. The van der Waals surface area contributed by atoms with Crippen molar-refractivity contribution in [3.05, 3.63) is 0 Å². The zero-order valence-electron chi connectivity index (χ0n) is 7.89. The first-order valence-corrected chi connectivity index (χ1v) is 4.74. The molecule has 66 valence electrons. The minimum absolute atomic E-state index is 0.188. The van der Waals surface area contributed by atoms with Crippen LogP contribution in [0, 0.1) is 5.92 Å². The highest BCUT2D eigenvalue weighted by Gasteiger charge is 2.36. The molecule has 1 saturated heterocycles. The molecule has 2 heteroatoms. The van der Waals surface area contributed by atoms with E-state index < -0.39 is 0 Å². The Morgan fingerprint density at radius 2 is 1.91 bits per heavy atom. The molecule has 2 atom stereocenters. The lowest BCUT2D eigenvalue weighted by Gasteiger charge is -2.45. The van der Waals surface area contributed by atoms with Crippen LogP contribution in [0.15, 0.2) is 0 Å². The summed E-state index contributed by atoms with van der Waals surface area (Å²) in [5.41, 5.74) is 0.188. The first kappa shape index (κ1) is 9.34. The molecule has 0 spiro atoms. The molecule has 0 aliphatic carbocycles. The Balaban J connectivity index is 2.67. The third-order valence-electron chi connectivity index (χ3n) is 2.97. The third-order valence-corrected chi connectivity index (χ3v) is 3.74. The van der Waals surface area contributed by atoms with Crippen molar-refractivity contribution in [3.8, 4) is 0 Å². The number of hydrogen-bond donors (Lipinski definition) is 0. The predicted molar refractivity (Wildman–Crippen MR) is 49.6 cm³/mol. The molecular formula is C9H18ClN. The Kier molecular flexibility index (Phi) is 2.50. The van der Waals surface area contributed by atoms with Gasteiger partial charge in [0.05, 0.1) is 0 Å². The number of rotatable bonds is 0. The van der Waals surface area contributed by atoms with Crippen molar-refractivity contribution in [2.75, 3.05) is 0 Å². The maximum Gasteiger partial charge on any atom is 0.0309 e. The first-order valence-electron chi connectivity index (χ1n) is 4.40. The van der Waals surface area contributed by atoms with E-state index >= 15 is 0 Å². The Labute approximate surface area is 74.8 Å². The highest BCUT2D eigenvalue weighted by atomic mass is 35.5. The highest BCUT2D eigenvalue weighted by molar-refractivity contribution is 6.14. The van der Waals surface area contributed by atoms with Crippen LogP contribution < -0.4 is 0 Å². The van der Waals surface area contributed by atoms with Crippen LogP contribution in [0.4, 0.5) is 0 Å². The molecule has 1 aliphatic heterocycles. The molecule has 1 nitrogen and oxygen atoms in total. The van der Waals surface area contributed by atoms with E-state index in [4.69, 9.17) is 11.8 Å². The molecule has 1 aliphatic rings. The van der Waals surface area contributed by atoms with Crippen molar-refractivity contribution in [2.45, 2.75) is 52.1 Å². The number of nitrogens with zero attached hydrogens (tertiary/aromatic N) is 1. The largest absolute Gasteiger partial charge is 0.212 e. The van der Waals surface area contributed by atoms with Gasteiger partial charge in [0.15, 0.2) is 0 Å². The van der Waals surface area contributed by atoms with Gasteiger partial charge in [0.25, 0.3) is 0 Å². The molecule has 0 aromatic carbocycles. The lowest BCUT2D eigenvalue weighted by molar-refractivity contribution is 0.0845. The van der Waals surface area contributed by atoms with E-state index in [1.54, 1.807) is 0 Å². The summed E-state index contributed by atoms with van der Waals surface area (Å²) in [6.45, 7) is 8.90. The van der Waals surface area contributed by atoms with E-state index in [0.717, 1.165) is 5.92 Å². The van der Waals surface area contributed by atoms with E-state index in [9.17, 15) is 0 Å². The summed E-state index contributed by atoms with van der Waals surface area (Å²) >= 11 is 6.19. The fourth-order valence-corrected chi connectivity index (χ4v) is 1.98. The van der Waals surface area contributed by atoms with Gasteiger partial charge in [-0.25, -0.2) is 4.42 Å². The van der Waals surface area contributed by atoms with Crippen LogP contribution in [0.2, 0.25) is 0 Å². The lowest BCUT2D eigenvalue weighted by atomic mass is 9.83. The second kappa shape index (κ2) is 2.95. The molecule has 0 radical (unpaired) electrons. The van der Waals surface area contributed by atoms with Crippen molar-refractivity contribution < 1.29 is 0 Å². The first-order chi connectivity index (χ1) is 4.95. The van der Waals surface area contributed by atoms with E-state index in [-0.39, 0.29) is 5.54 Å². The molecule has 0 N–H and O–H groups in total. The summed E-state index contributed by atoms with van der Waals surface area (Å²) < 4.78 is 1.99. The van der Waals surface area contributed by atoms with Gasteiger partial charge < -0.3 is 0 Å². The molecule has 0 amide bonds. The minimum Gasteiger partial charge on any atom is -0.212 e. The van der Waals surface area contributed by atoms with Crippen LogP contribution in [0.3, 0.4) is 0 Å². The van der Waals surface area contributed by atoms with Gasteiger partial charge in [-0.05, 0) is 51.3 Å². The van der Waals surface area contributed by atoms with Gasteiger partial charge in [0.2, 0.25) is 0 Å². The molecule has 1 heterocycles. The average Bonchev–Trinajstić information content (AvgIpc) is 1.95. The average molecular weight is 176 g/mol. The van der Waals surface area contributed by atoms with Gasteiger partial charge in [0.1, 0.15) is 0 Å². The molecule has 0 aromatic rings. The Morgan fingerprint density at radius 3 is 2.36 bits per heavy atom. The Morgan fingerprint density at radius 1 is 1.36 bits per heavy atom. The molecule has 1 rings (SSSR count). The standard InChI is InChI=1S/C9H18ClN/c1-7-5-6-9(3,4)11(10)8(7)2/h7-8H,5-6H2,1-4H3. The Hall–Kier alpha value is 0.250. The summed E-state index contributed by atoms with van der Waals surface area (Å²) in [5, 5.41) is 0. The minimum atomic E-state index is 0.188. The van der Waals surface area contributed by atoms with Gasteiger partial charge in [-0.15, -0.1) is 0 Å². The fraction of sp³-hybridized carbons (Fsp3) is 1.00. The molecule has 0 aromatic heterocycles. The normalized spacial score (nSPS) is 39.0. The lowest BCUT2D eigenvalue weighted by Crippen LogP contribution is -2.49. The summed E-state index contributed by atoms with van der Waals surface area (Å²) in [6.07, 6.45) is 2.51. The van der Waals surface area contributed by atoms with Crippen LogP contribution >= 0.6 is 11.8 Å². The van der Waals surface area contributed by atoms with Gasteiger partial charge in [-0.2, -0.15) is 0 Å². The van der Waals surface area contributed by atoms with Crippen LogP contribution in [0.5, 0.6) is 0 Å².